The lowest BCUT2D eigenvalue weighted by molar-refractivity contribution is 0.0720. The Bertz CT molecular complexity index is 1180. The lowest BCUT2D eigenvalue weighted by Crippen LogP contribution is -2.39. The molecule has 2 aliphatic heterocycles. The minimum atomic E-state index is -0.0905. The summed E-state index contributed by atoms with van der Waals surface area (Å²) in [4.78, 5) is 39.3. The summed E-state index contributed by atoms with van der Waals surface area (Å²) in [7, 11) is 1.75. The van der Waals surface area contributed by atoms with E-state index in [0.29, 0.717) is 36.7 Å². The summed E-state index contributed by atoms with van der Waals surface area (Å²) in [6, 6.07) is 3.88. The van der Waals surface area contributed by atoms with E-state index in [-0.39, 0.29) is 11.8 Å². The molecule has 2 amide bonds. The van der Waals surface area contributed by atoms with Gasteiger partial charge in [0.05, 0.1) is 29.5 Å². The lowest BCUT2D eigenvalue weighted by atomic mass is 10.0. The highest BCUT2D eigenvalue weighted by Gasteiger charge is 2.32. The fourth-order valence-corrected chi connectivity index (χ4v) is 4.49. The first-order valence-electron chi connectivity index (χ1n) is 10.7. The van der Waals surface area contributed by atoms with E-state index < -0.39 is 0 Å². The van der Waals surface area contributed by atoms with Crippen molar-refractivity contribution in [3.8, 4) is 0 Å². The number of aromatic nitrogens is 4. The molecule has 3 aromatic heterocycles. The van der Waals surface area contributed by atoms with Crippen molar-refractivity contribution in [1.29, 1.82) is 0 Å². The molecule has 0 atom stereocenters. The quantitative estimate of drug-likeness (QED) is 0.697. The highest BCUT2D eigenvalue weighted by molar-refractivity contribution is 6.01. The standard InChI is InChI=1S/C22H25N7O2/c1-14-6-5-10-29-19(14)15(12-24-29)20(30)28-11-7-17-16(13-28)18(26-22(23-2)25-17)21(31)27-8-3-4-9-27/h5-6,10,12H,3-4,7-9,11,13H2,1-2H3,(H,23,25,26). The van der Waals surface area contributed by atoms with Gasteiger partial charge in [0.15, 0.2) is 0 Å². The van der Waals surface area contributed by atoms with Crippen LogP contribution in [0.2, 0.25) is 0 Å². The zero-order valence-corrected chi connectivity index (χ0v) is 17.8. The molecular weight excluding hydrogens is 394 g/mol. The third kappa shape index (κ3) is 3.30. The predicted octanol–water partition coefficient (Wildman–Crippen LogP) is 1.91. The number of nitrogens with one attached hydrogen (secondary N) is 1. The molecule has 1 fully saturated rings. The maximum absolute atomic E-state index is 13.4. The van der Waals surface area contributed by atoms with Gasteiger partial charge in [-0.05, 0) is 31.4 Å². The summed E-state index contributed by atoms with van der Waals surface area (Å²) in [5, 5.41) is 7.30. The zero-order chi connectivity index (χ0) is 21.5. The fraction of sp³-hybridized carbons (Fsp3) is 0.409. The predicted molar refractivity (Wildman–Crippen MR) is 115 cm³/mol. The van der Waals surface area contributed by atoms with E-state index in [1.54, 1.807) is 22.7 Å². The van der Waals surface area contributed by atoms with E-state index in [1.807, 2.05) is 30.2 Å². The topological polar surface area (TPSA) is 95.7 Å². The van der Waals surface area contributed by atoms with Gasteiger partial charge in [-0.1, -0.05) is 6.07 Å². The number of nitrogens with zero attached hydrogens (tertiary/aromatic N) is 6. The van der Waals surface area contributed by atoms with Crippen LogP contribution in [0.3, 0.4) is 0 Å². The Morgan fingerprint density at radius 1 is 1.06 bits per heavy atom. The van der Waals surface area contributed by atoms with Crippen LogP contribution in [0.15, 0.2) is 24.5 Å². The first-order valence-corrected chi connectivity index (χ1v) is 10.7. The SMILES string of the molecule is CNc1nc2c(c(C(=O)N3CCCC3)n1)CN(C(=O)c1cnn3cccc(C)c13)CC2. The molecule has 9 heteroatoms. The molecule has 2 aliphatic rings. The van der Waals surface area contributed by atoms with Crippen LogP contribution in [0.4, 0.5) is 5.95 Å². The Hall–Kier alpha value is -3.49. The zero-order valence-electron chi connectivity index (χ0n) is 17.8. The number of anilines is 1. The van der Waals surface area contributed by atoms with Crippen molar-refractivity contribution in [1.82, 2.24) is 29.4 Å². The summed E-state index contributed by atoms with van der Waals surface area (Å²) in [5.74, 6) is 0.278. The summed E-state index contributed by atoms with van der Waals surface area (Å²) in [5.41, 5.74) is 4.37. The number of hydrogen-bond donors (Lipinski definition) is 1. The van der Waals surface area contributed by atoms with Crippen molar-refractivity contribution in [2.24, 2.45) is 0 Å². The van der Waals surface area contributed by atoms with Crippen LogP contribution in [0.25, 0.3) is 5.52 Å². The van der Waals surface area contributed by atoms with Gasteiger partial charge in [0.25, 0.3) is 11.8 Å². The molecule has 0 saturated carbocycles. The molecule has 1 N–H and O–H groups in total. The van der Waals surface area contributed by atoms with Crippen LogP contribution in [0.1, 0.15) is 50.5 Å². The summed E-state index contributed by atoms with van der Waals surface area (Å²) >= 11 is 0. The highest BCUT2D eigenvalue weighted by Crippen LogP contribution is 2.26. The number of likely N-dealkylation sites (tertiary alicyclic amines) is 1. The molecular formula is C22H25N7O2. The summed E-state index contributed by atoms with van der Waals surface area (Å²) < 4.78 is 1.73. The number of hydrogen-bond acceptors (Lipinski definition) is 6. The Balaban J connectivity index is 1.50. The van der Waals surface area contributed by atoms with Gasteiger partial charge in [-0.25, -0.2) is 14.5 Å². The molecule has 5 heterocycles. The van der Waals surface area contributed by atoms with Crippen molar-refractivity contribution >= 4 is 23.3 Å². The number of carbonyl (C=O) groups is 2. The molecule has 160 valence electrons. The molecule has 0 aromatic carbocycles. The lowest BCUT2D eigenvalue weighted by Gasteiger charge is -2.30. The van der Waals surface area contributed by atoms with Crippen LogP contribution in [0, 0.1) is 6.92 Å². The molecule has 0 spiro atoms. The summed E-state index contributed by atoms with van der Waals surface area (Å²) in [6.07, 6.45) is 6.06. The minimum absolute atomic E-state index is 0.0752. The van der Waals surface area contributed by atoms with Gasteiger partial charge in [-0.3, -0.25) is 9.59 Å². The number of pyridine rings is 1. The number of carbonyl (C=O) groups excluding carboxylic acids is 2. The molecule has 0 aliphatic carbocycles. The van der Waals surface area contributed by atoms with Gasteiger partial charge in [0.2, 0.25) is 5.95 Å². The minimum Gasteiger partial charge on any atom is -0.357 e. The molecule has 3 aromatic rings. The average Bonchev–Trinajstić information content (AvgIpc) is 3.48. The second-order valence-electron chi connectivity index (χ2n) is 8.09. The normalized spacial score (nSPS) is 15.9. The molecule has 0 bridgehead atoms. The van der Waals surface area contributed by atoms with Gasteiger partial charge >= 0.3 is 0 Å². The van der Waals surface area contributed by atoms with Crippen molar-refractivity contribution in [3.05, 3.63) is 52.6 Å². The number of rotatable bonds is 3. The number of fused-ring (bicyclic) bond motifs is 2. The van der Waals surface area contributed by atoms with E-state index in [0.717, 1.165) is 48.3 Å². The Morgan fingerprint density at radius 3 is 2.65 bits per heavy atom. The first-order chi connectivity index (χ1) is 15.1. The van der Waals surface area contributed by atoms with Gasteiger partial charge in [0, 0.05) is 44.9 Å². The maximum Gasteiger partial charge on any atom is 0.273 e. The van der Waals surface area contributed by atoms with Crippen molar-refractivity contribution in [2.75, 3.05) is 32.0 Å². The maximum atomic E-state index is 13.4. The van der Waals surface area contributed by atoms with Crippen LogP contribution >= 0.6 is 0 Å². The van der Waals surface area contributed by atoms with Gasteiger partial charge in [-0.15, -0.1) is 0 Å². The molecule has 0 unspecified atom stereocenters. The van der Waals surface area contributed by atoms with E-state index >= 15 is 0 Å². The highest BCUT2D eigenvalue weighted by atomic mass is 16.2. The first kappa shape index (κ1) is 19.5. The van der Waals surface area contributed by atoms with Gasteiger partial charge in [-0.2, -0.15) is 5.10 Å². The second-order valence-corrected chi connectivity index (χ2v) is 8.09. The summed E-state index contributed by atoms with van der Waals surface area (Å²) in [6.45, 7) is 4.32. The van der Waals surface area contributed by atoms with Gasteiger partial charge in [0.1, 0.15) is 5.69 Å². The third-order valence-corrected chi connectivity index (χ3v) is 6.14. The molecule has 0 radical (unpaired) electrons. The van der Waals surface area contributed by atoms with E-state index in [4.69, 9.17) is 0 Å². The molecule has 5 rings (SSSR count). The molecule has 9 nitrogen and oxygen atoms in total. The fourth-order valence-electron chi connectivity index (χ4n) is 4.49. The van der Waals surface area contributed by atoms with Crippen LogP contribution < -0.4 is 5.32 Å². The third-order valence-electron chi connectivity index (χ3n) is 6.14. The number of amides is 2. The number of aryl methyl sites for hydroxylation is 1. The second kappa shape index (κ2) is 7.64. The van der Waals surface area contributed by atoms with E-state index in [9.17, 15) is 9.59 Å². The van der Waals surface area contributed by atoms with Crippen LogP contribution in [-0.2, 0) is 13.0 Å². The Morgan fingerprint density at radius 2 is 1.87 bits per heavy atom. The Labute approximate surface area is 180 Å². The largest absolute Gasteiger partial charge is 0.357 e. The van der Waals surface area contributed by atoms with E-state index in [2.05, 4.69) is 20.4 Å². The van der Waals surface area contributed by atoms with Crippen molar-refractivity contribution in [3.63, 3.8) is 0 Å². The van der Waals surface area contributed by atoms with Gasteiger partial charge < -0.3 is 15.1 Å². The smallest absolute Gasteiger partial charge is 0.273 e. The van der Waals surface area contributed by atoms with Crippen molar-refractivity contribution < 1.29 is 9.59 Å². The molecule has 31 heavy (non-hydrogen) atoms. The monoisotopic (exact) mass is 419 g/mol. The molecule has 1 saturated heterocycles. The Kier molecular flexibility index (Phi) is 4.80. The van der Waals surface area contributed by atoms with Crippen LogP contribution in [0.5, 0.6) is 0 Å². The average molecular weight is 419 g/mol. The van der Waals surface area contributed by atoms with E-state index in [1.165, 1.54) is 0 Å². The van der Waals surface area contributed by atoms with Crippen molar-refractivity contribution in [2.45, 2.75) is 32.7 Å². The van der Waals surface area contributed by atoms with Crippen LogP contribution in [-0.4, -0.2) is 67.9 Å².